The summed E-state index contributed by atoms with van der Waals surface area (Å²) in [6, 6.07) is 0. The highest BCUT2D eigenvalue weighted by molar-refractivity contribution is 9.24. The summed E-state index contributed by atoms with van der Waals surface area (Å²) in [6.07, 6.45) is 0. The fourth-order valence-corrected chi connectivity index (χ4v) is 0. The lowest BCUT2D eigenvalue weighted by Gasteiger charge is -2.12. The van der Waals surface area contributed by atoms with E-state index in [2.05, 4.69) is 31.9 Å². The topological polar surface area (TPSA) is 0 Å². The summed E-state index contributed by atoms with van der Waals surface area (Å²) < 4.78 is -0.768. The quantitative estimate of drug-likeness (QED) is 0.642. The molecule has 0 radical (unpaired) electrons. The minimum Gasteiger partial charge on any atom is -0.0998 e. The smallest absolute Gasteiger partial charge is 0.0998 e. The Morgan fingerprint density at radius 1 is 1.43 bits per heavy atom. The number of hydrogen-bond donors (Lipinski definition) is 0. The van der Waals surface area contributed by atoms with Crippen LogP contribution >= 0.6 is 55.1 Å². The second-order valence-corrected chi connectivity index (χ2v) is 6.08. The van der Waals surface area contributed by atoms with Crippen molar-refractivity contribution in [3.63, 3.8) is 0 Å². The molecule has 7 heavy (non-hydrogen) atoms. The predicted octanol–water partition coefficient (Wildman–Crippen LogP) is 3.30. The van der Waals surface area contributed by atoms with E-state index in [9.17, 15) is 0 Å². The fourth-order valence-electron chi connectivity index (χ4n) is 0. The summed E-state index contributed by atoms with van der Waals surface area (Å²) in [5.41, 5.74) is 0. The van der Waals surface area contributed by atoms with Crippen molar-refractivity contribution >= 4 is 55.1 Å². The molecule has 0 aromatic heterocycles. The van der Waals surface area contributed by atoms with Gasteiger partial charge in [0, 0.05) is 0 Å². The molecule has 0 aromatic rings. The van der Waals surface area contributed by atoms with Crippen molar-refractivity contribution in [3.05, 3.63) is 0 Å². The Morgan fingerprint density at radius 2 is 1.57 bits per heavy atom. The number of rotatable bonds is 1. The van der Waals surface area contributed by atoms with Crippen molar-refractivity contribution in [3.8, 4) is 0 Å². The zero-order chi connectivity index (χ0) is 6.08. The molecule has 0 aliphatic carbocycles. The molecule has 0 saturated heterocycles. The standard InChI is InChI=1S/C3H4Br2Cl2/c1-3(6,7)2(4)5/h2H,1H3. The Labute approximate surface area is 69.8 Å². The van der Waals surface area contributed by atoms with Crippen molar-refractivity contribution < 1.29 is 0 Å². The lowest BCUT2D eigenvalue weighted by molar-refractivity contribution is 0.990. The first-order chi connectivity index (χ1) is 2.94. The Morgan fingerprint density at radius 3 is 1.57 bits per heavy atom. The summed E-state index contributed by atoms with van der Waals surface area (Å²) in [5.74, 6) is 0. The lowest BCUT2D eigenvalue weighted by Crippen LogP contribution is -2.14. The fraction of sp³-hybridized carbons (Fsp3) is 1.00. The van der Waals surface area contributed by atoms with Gasteiger partial charge in [0.25, 0.3) is 0 Å². The van der Waals surface area contributed by atoms with E-state index in [0.29, 0.717) is 0 Å². The van der Waals surface area contributed by atoms with Crippen molar-refractivity contribution in [2.45, 2.75) is 15.0 Å². The van der Waals surface area contributed by atoms with Crippen LogP contribution in [0.15, 0.2) is 0 Å². The third kappa shape index (κ3) is 4.07. The first-order valence-corrected chi connectivity index (χ1v) is 4.19. The Kier molecular flexibility index (Phi) is 3.54. The van der Waals surface area contributed by atoms with Crippen molar-refractivity contribution in [2.24, 2.45) is 0 Å². The van der Waals surface area contributed by atoms with E-state index in [1.165, 1.54) is 0 Å². The molecule has 0 amide bonds. The number of halogens is 4. The van der Waals surface area contributed by atoms with Crippen LogP contribution in [0.25, 0.3) is 0 Å². The van der Waals surface area contributed by atoms with Gasteiger partial charge in [-0.2, -0.15) is 0 Å². The van der Waals surface area contributed by atoms with Gasteiger partial charge in [-0.3, -0.25) is 0 Å². The summed E-state index contributed by atoms with van der Waals surface area (Å²) in [4.78, 5) is 0. The van der Waals surface area contributed by atoms with Gasteiger partial charge in [-0.05, 0) is 6.92 Å². The van der Waals surface area contributed by atoms with E-state index < -0.39 is 4.33 Å². The molecule has 0 rings (SSSR count). The molecule has 0 atom stereocenters. The van der Waals surface area contributed by atoms with Gasteiger partial charge in [0.2, 0.25) is 0 Å². The van der Waals surface area contributed by atoms with Crippen LogP contribution < -0.4 is 0 Å². The summed E-state index contributed by atoms with van der Waals surface area (Å²) in [7, 11) is 0. The van der Waals surface area contributed by atoms with Crippen LogP contribution in [0.2, 0.25) is 0 Å². The van der Waals surface area contributed by atoms with Gasteiger partial charge >= 0.3 is 0 Å². The van der Waals surface area contributed by atoms with Crippen LogP contribution in [-0.4, -0.2) is 8.07 Å². The van der Waals surface area contributed by atoms with Crippen LogP contribution in [0, 0.1) is 0 Å². The zero-order valence-corrected chi connectivity index (χ0v) is 8.27. The highest BCUT2D eigenvalue weighted by Gasteiger charge is 2.23. The molecule has 0 spiro atoms. The van der Waals surface area contributed by atoms with Gasteiger partial charge in [0.05, 0.1) is 0 Å². The van der Waals surface area contributed by atoms with Gasteiger partial charge in [0.15, 0.2) is 0 Å². The molecular formula is C3H4Br2Cl2. The average molecular weight is 271 g/mol. The Balaban J connectivity index is 3.54. The second-order valence-electron chi connectivity index (χ2n) is 1.26. The summed E-state index contributed by atoms with van der Waals surface area (Å²) >= 11 is 17.4. The van der Waals surface area contributed by atoms with Gasteiger partial charge in [0.1, 0.15) is 8.07 Å². The minimum absolute atomic E-state index is 0.0455. The van der Waals surface area contributed by atoms with Gasteiger partial charge in [-0.15, -0.1) is 0 Å². The molecule has 4 heteroatoms. The maximum absolute atomic E-state index is 5.54. The molecule has 0 aliphatic rings. The maximum atomic E-state index is 5.54. The minimum atomic E-state index is -0.722. The monoisotopic (exact) mass is 268 g/mol. The van der Waals surface area contributed by atoms with Crippen molar-refractivity contribution in [2.75, 3.05) is 0 Å². The van der Waals surface area contributed by atoms with Crippen molar-refractivity contribution in [1.82, 2.24) is 0 Å². The van der Waals surface area contributed by atoms with E-state index in [4.69, 9.17) is 23.2 Å². The zero-order valence-electron chi connectivity index (χ0n) is 3.59. The average Bonchev–Trinajstić information content (AvgIpc) is 1.31. The third-order valence-corrected chi connectivity index (χ3v) is 3.71. The Hall–Kier alpha value is 1.54. The van der Waals surface area contributed by atoms with E-state index in [1.807, 2.05) is 0 Å². The maximum Gasteiger partial charge on any atom is 0.137 e. The lowest BCUT2D eigenvalue weighted by atomic mass is 10.5. The first-order valence-electron chi connectivity index (χ1n) is 1.60. The van der Waals surface area contributed by atoms with Gasteiger partial charge < -0.3 is 0 Å². The largest absolute Gasteiger partial charge is 0.137 e. The van der Waals surface area contributed by atoms with Gasteiger partial charge in [-0.1, -0.05) is 55.1 Å². The van der Waals surface area contributed by atoms with Crippen LogP contribution in [0.3, 0.4) is 0 Å². The van der Waals surface area contributed by atoms with Crippen LogP contribution in [-0.2, 0) is 0 Å². The molecule has 0 aromatic carbocycles. The second kappa shape index (κ2) is 2.90. The third-order valence-electron chi connectivity index (χ3n) is 0.383. The summed E-state index contributed by atoms with van der Waals surface area (Å²) in [5, 5.41) is 0. The molecule has 0 saturated carbocycles. The molecule has 0 fully saturated rings. The number of hydrogen-bond acceptors (Lipinski definition) is 0. The number of alkyl halides is 4. The normalized spacial score (nSPS) is 12.9. The molecule has 44 valence electrons. The van der Waals surface area contributed by atoms with Crippen molar-refractivity contribution in [1.29, 1.82) is 0 Å². The van der Waals surface area contributed by atoms with E-state index in [1.54, 1.807) is 6.92 Å². The molecule has 0 unspecified atom stereocenters. The SMILES string of the molecule is CC(Cl)(Cl)C(Br)Br. The first kappa shape index (κ1) is 8.54. The van der Waals surface area contributed by atoms with E-state index >= 15 is 0 Å². The van der Waals surface area contributed by atoms with Crippen LogP contribution in [0.1, 0.15) is 6.92 Å². The molecule has 0 aliphatic heterocycles. The Bertz CT molecular complexity index is 56.4. The predicted molar refractivity (Wildman–Crippen MR) is 41.8 cm³/mol. The van der Waals surface area contributed by atoms with Crippen LogP contribution in [0.4, 0.5) is 0 Å². The molecular weight excluding hydrogens is 267 g/mol. The van der Waals surface area contributed by atoms with Crippen LogP contribution in [0.5, 0.6) is 0 Å². The highest BCUT2D eigenvalue weighted by atomic mass is 79.9. The summed E-state index contributed by atoms with van der Waals surface area (Å²) in [6.45, 7) is 1.70. The van der Waals surface area contributed by atoms with E-state index in [-0.39, 0.29) is 3.74 Å². The molecule has 0 bridgehead atoms. The van der Waals surface area contributed by atoms with E-state index in [0.717, 1.165) is 0 Å². The molecule has 0 nitrogen and oxygen atoms in total. The highest BCUT2D eigenvalue weighted by Crippen LogP contribution is 2.33. The van der Waals surface area contributed by atoms with Gasteiger partial charge in [-0.25, -0.2) is 0 Å². The molecule has 0 heterocycles. The molecule has 0 N–H and O–H groups in total.